The lowest BCUT2D eigenvalue weighted by Gasteiger charge is -2.35. The van der Waals surface area contributed by atoms with Gasteiger partial charge < -0.3 is 52.8 Å². The van der Waals surface area contributed by atoms with Crippen molar-refractivity contribution in [1.29, 1.82) is 0 Å². The van der Waals surface area contributed by atoms with Crippen LogP contribution in [0.4, 0.5) is 0 Å². The molecule has 1 aliphatic heterocycles. The molecule has 2 atom stereocenters. The number of hydrogen-bond donors (Lipinski definition) is 0. The molecule has 0 bridgehead atoms. The van der Waals surface area contributed by atoms with Gasteiger partial charge in [-0.05, 0) is 126 Å². The summed E-state index contributed by atoms with van der Waals surface area (Å²) >= 11 is 0. The second kappa shape index (κ2) is 45.2. The van der Waals surface area contributed by atoms with E-state index in [1.54, 1.807) is 7.11 Å². The van der Waals surface area contributed by atoms with Gasteiger partial charge in [0.1, 0.15) is 39.3 Å². The van der Waals surface area contributed by atoms with Crippen LogP contribution < -0.4 is 0 Å². The molecule has 1 saturated heterocycles. The van der Waals surface area contributed by atoms with Crippen molar-refractivity contribution in [3.05, 3.63) is 0 Å². The second-order valence-electron chi connectivity index (χ2n) is 25.4. The summed E-state index contributed by atoms with van der Waals surface area (Å²) in [6.45, 7) is 23.8. The highest BCUT2D eigenvalue weighted by Crippen LogP contribution is 2.35. The van der Waals surface area contributed by atoms with Gasteiger partial charge in [0.05, 0.1) is 37.7 Å². The maximum atomic E-state index is 12.8. The van der Waals surface area contributed by atoms with Crippen molar-refractivity contribution in [3.8, 4) is 0 Å². The summed E-state index contributed by atoms with van der Waals surface area (Å²) in [4.78, 5) is 84.0. The molecule has 0 aromatic heterocycles. The van der Waals surface area contributed by atoms with Crippen LogP contribution in [0.1, 0.15) is 208 Å². The first-order valence-corrected chi connectivity index (χ1v) is 32.8. The number of hydrogen-bond acceptors (Lipinski definition) is 16. The molecule has 0 aromatic carbocycles. The maximum absolute atomic E-state index is 12.8. The number of ether oxygens (including phenoxy) is 6. The van der Waals surface area contributed by atoms with E-state index in [2.05, 4.69) is 61.1 Å². The average Bonchev–Trinajstić information content (AvgIpc) is 3.45. The number of nitrogens with zero attached hydrogens (tertiary/aromatic N) is 4. The minimum absolute atomic E-state index is 0.0313. The Balaban J connectivity index is 1.25. The van der Waals surface area contributed by atoms with Gasteiger partial charge in [0.15, 0.2) is 0 Å². The Morgan fingerprint density at radius 3 is 1.17 bits per heavy atom. The van der Waals surface area contributed by atoms with E-state index in [1.165, 1.54) is 77.0 Å². The third kappa shape index (κ3) is 36.3. The van der Waals surface area contributed by atoms with Crippen LogP contribution in [0.25, 0.3) is 0 Å². The van der Waals surface area contributed by atoms with Crippen LogP contribution in [0.5, 0.6) is 0 Å². The Bertz CT molecular complexity index is 1660. The number of carbonyl (C=O) groups is 6. The van der Waals surface area contributed by atoms with Crippen molar-refractivity contribution in [2.75, 3.05) is 125 Å². The van der Waals surface area contributed by atoms with Crippen LogP contribution in [0.15, 0.2) is 0 Å². The molecule has 2 unspecified atom stereocenters. The Kier molecular flexibility index (Phi) is 40.2. The third-order valence-corrected chi connectivity index (χ3v) is 17.5. The SMILES string of the molecule is COCCOC(=O)CCN(CCCN1CCN(CCCN(CCC=O)CCC(=O)OCCOC(=O)C2CCC(CCCC(C)CCCC(C)C)CC2)CC1)CCC(=O)OCCOC(=O)C1CCC(CCCC(C)CCCC(C)C)CC1. The molecular weight excluding hydrogens is 1030 g/mol. The highest BCUT2D eigenvalue weighted by Gasteiger charge is 2.29. The van der Waals surface area contributed by atoms with Gasteiger partial charge >= 0.3 is 29.8 Å². The maximum Gasteiger partial charge on any atom is 0.309 e. The molecule has 0 N–H and O–H groups in total. The lowest BCUT2D eigenvalue weighted by atomic mass is 9.79. The summed E-state index contributed by atoms with van der Waals surface area (Å²) in [5, 5.41) is 0. The standard InChI is InChI=1S/C65H118N4O12/c1-53(2)15-8-17-55(5)19-10-21-57-23-27-59(28-24-57)64(74)80-51-49-78-62(72)31-39-66(38-14-46-70)34-12-36-68-42-44-69(45-43-68)37-13-35-67(40-32-61(71)77-48-47-76-7)41-33-63(73)79-50-52-81-65(75)60-29-25-58(26-30-60)22-11-20-56(6)18-9-16-54(3)4/h46,53-60H,8-45,47-52H2,1-7H3. The van der Waals surface area contributed by atoms with Crippen LogP contribution in [-0.4, -0.2) is 181 Å². The second-order valence-corrected chi connectivity index (χ2v) is 25.4. The van der Waals surface area contributed by atoms with Crippen LogP contribution in [-0.2, 0) is 57.2 Å². The van der Waals surface area contributed by atoms with Crippen molar-refractivity contribution in [1.82, 2.24) is 19.6 Å². The van der Waals surface area contributed by atoms with Crippen molar-refractivity contribution >= 4 is 36.1 Å². The van der Waals surface area contributed by atoms with E-state index in [-0.39, 0.29) is 94.0 Å². The molecule has 16 nitrogen and oxygen atoms in total. The Morgan fingerprint density at radius 2 is 0.802 bits per heavy atom. The van der Waals surface area contributed by atoms with E-state index < -0.39 is 0 Å². The minimum Gasteiger partial charge on any atom is -0.463 e. The minimum atomic E-state index is -0.356. The fourth-order valence-electron chi connectivity index (χ4n) is 12.1. The van der Waals surface area contributed by atoms with E-state index in [1.807, 2.05) is 0 Å². The molecule has 0 radical (unpaired) electrons. The van der Waals surface area contributed by atoms with Crippen molar-refractivity contribution in [3.63, 3.8) is 0 Å². The number of methoxy groups -OCH3 is 1. The normalized spacial score (nSPS) is 19.9. The van der Waals surface area contributed by atoms with Crippen LogP contribution in [0, 0.1) is 47.3 Å². The lowest BCUT2D eigenvalue weighted by Crippen LogP contribution is -2.47. The third-order valence-electron chi connectivity index (χ3n) is 17.5. The fourth-order valence-corrected chi connectivity index (χ4v) is 12.1. The molecule has 0 aromatic rings. The van der Waals surface area contributed by atoms with Gasteiger partial charge in [-0.15, -0.1) is 0 Å². The number of piperazine rings is 1. The summed E-state index contributed by atoms with van der Waals surface area (Å²) in [5.41, 5.74) is 0. The molecule has 81 heavy (non-hydrogen) atoms. The quantitative estimate of drug-likeness (QED) is 0.0244. The van der Waals surface area contributed by atoms with Crippen molar-refractivity contribution in [2.24, 2.45) is 47.3 Å². The zero-order valence-electron chi connectivity index (χ0n) is 52.5. The Morgan fingerprint density at radius 1 is 0.444 bits per heavy atom. The number of rotatable bonds is 47. The number of esters is 5. The van der Waals surface area contributed by atoms with Crippen LogP contribution in [0.2, 0.25) is 0 Å². The average molecular weight is 1150 g/mol. The largest absolute Gasteiger partial charge is 0.463 e. The summed E-state index contributed by atoms with van der Waals surface area (Å²) in [7, 11) is 1.56. The number of aldehydes is 1. The molecule has 3 aliphatic rings. The van der Waals surface area contributed by atoms with E-state index in [0.717, 1.165) is 140 Å². The first-order valence-electron chi connectivity index (χ1n) is 32.8. The van der Waals surface area contributed by atoms with Gasteiger partial charge in [-0.25, -0.2) is 0 Å². The molecule has 16 heteroatoms. The predicted octanol–water partition coefficient (Wildman–Crippen LogP) is 11.0. The predicted molar refractivity (Wildman–Crippen MR) is 321 cm³/mol. The molecule has 1 heterocycles. The first-order chi connectivity index (χ1) is 39.1. The smallest absolute Gasteiger partial charge is 0.309 e. The monoisotopic (exact) mass is 1150 g/mol. The topological polar surface area (TPSA) is 171 Å². The van der Waals surface area contributed by atoms with E-state index in [9.17, 15) is 28.8 Å². The van der Waals surface area contributed by atoms with Gasteiger partial charge in [0.25, 0.3) is 0 Å². The van der Waals surface area contributed by atoms with Gasteiger partial charge in [-0.3, -0.25) is 24.0 Å². The summed E-state index contributed by atoms with van der Waals surface area (Å²) in [6, 6.07) is 0. The molecule has 0 spiro atoms. The van der Waals surface area contributed by atoms with Crippen molar-refractivity contribution < 1.29 is 57.2 Å². The molecular formula is C65H118N4O12. The number of carbonyl (C=O) groups excluding carboxylic acids is 6. The molecule has 2 saturated carbocycles. The summed E-state index contributed by atoms with van der Waals surface area (Å²) in [5.74, 6) is 3.11. The van der Waals surface area contributed by atoms with E-state index >= 15 is 0 Å². The van der Waals surface area contributed by atoms with Gasteiger partial charge in [0.2, 0.25) is 0 Å². The van der Waals surface area contributed by atoms with E-state index in [4.69, 9.17) is 28.4 Å². The molecule has 2 aliphatic carbocycles. The Hall–Kier alpha value is -3.18. The lowest BCUT2D eigenvalue weighted by molar-refractivity contribution is -0.156. The fraction of sp³-hybridized carbons (Fsp3) is 0.908. The first kappa shape index (κ1) is 72.1. The van der Waals surface area contributed by atoms with Crippen molar-refractivity contribution in [2.45, 2.75) is 208 Å². The van der Waals surface area contributed by atoms with Crippen LogP contribution >= 0.6 is 0 Å². The van der Waals surface area contributed by atoms with Gasteiger partial charge in [-0.1, -0.05) is 119 Å². The summed E-state index contributed by atoms with van der Waals surface area (Å²) < 4.78 is 32.3. The zero-order valence-corrected chi connectivity index (χ0v) is 52.5. The highest BCUT2D eigenvalue weighted by molar-refractivity contribution is 5.73. The molecule has 3 rings (SSSR count). The zero-order chi connectivity index (χ0) is 58.9. The molecule has 3 fully saturated rings. The van der Waals surface area contributed by atoms with Crippen LogP contribution in [0.3, 0.4) is 0 Å². The Labute approximate surface area is 492 Å². The molecule has 470 valence electrons. The summed E-state index contributed by atoms with van der Waals surface area (Å²) in [6.07, 6.45) is 27.2. The van der Waals surface area contributed by atoms with Gasteiger partial charge in [-0.2, -0.15) is 0 Å². The van der Waals surface area contributed by atoms with Gasteiger partial charge in [0, 0.05) is 65.9 Å². The van der Waals surface area contributed by atoms with E-state index in [0.29, 0.717) is 57.6 Å². The molecule has 0 amide bonds. The highest BCUT2D eigenvalue weighted by atomic mass is 16.6.